The van der Waals surface area contributed by atoms with E-state index in [1.807, 2.05) is 36.4 Å². The molecule has 1 atom stereocenters. The molecule has 4 nitrogen and oxygen atoms in total. The molecule has 1 unspecified atom stereocenters. The summed E-state index contributed by atoms with van der Waals surface area (Å²) in [6.45, 7) is 8.51. The van der Waals surface area contributed by atoms with Crippen LogP contribution in [0.1, 0.15) is 82.4 Å². The summed E-state index contributed by atoms with van der Waals surface area (Å²) in [6, 6.07) is 13.8. The van der Waals surface area contributed by atoms with Crippen molar-refractivity contribution >= 4 is 11.6 Å². The Bertz CT molecular complexity index is 823. The SMILES string of the molecule is CCCCCC(CC(=O)Nc1cc(CO)ccc1C(C)(C)C)c1ccccc1OC. The van der Waals surface area contributed by atoms with Gasteiger partial charge in [0, 0.05) is 12.1 Å². The summed E-state index contributed by atoms with van der Waals surface area (Å²) in [5.74, 6) is 0.930. The van der Waals surface area contributed by atoms with Crippen molar-refractivity contribution in [2.75, 3.05) is 12.4 Å². The molecule has 2 aromatic carbocycles. The third-order valence-electron chi connectivity index (χ3n) is 5.52. The number of anilines is 1. The highest BCUT2D eigenvalue weighted by atomic mass is 16.5. The molecule has 2 N–H and O–H groups in total. The number of benzene rings is 2. The number of unbranched alkanes of at least 4 members (excludes halogenated alkanes) is 2. The van der Waals surface area contributed by atoms with Crippen LogP contribution in [0.15, 0.2) is 42.5 Å². The van der Waals surface area contributed by atoms with E-state index >= 15 is 0 Å². The molecule has 30 heavy (non-hydrogen) atoms. The number of aliphatic hydroxyl groups excluding tert-OH is 1. The first-order chi connectivity index (χ1) is 14.3. The molecule has 0 aliphatic carbocycles. The van der Waals surface area contributed by atoms with Gasteiger partial charge in [-0.1, -0.05) is 77.3 Å². The maximum atomic E-state index is 13.1. The predicted molar refractivity (Wildman–Crippen MR) is 124 cm³/mol. The van der Waals surface area contributed by atoms with Crippen LogP contribution in [-0.4, -0.2) is 18.1 Å². The number of ether oxygens (including phenoxy) is 1. The van der Waals surface area contributed by atoms with E-state index < -0.39 is 0 Å². The van der Waals surface area contributed by atoms with Crippen molar-refractivity contribution < 1.29 is 14.6 Å². The lowest BCUT2D eigenvalue weighted by molar-refractivity contribution is -0.116. The van der Waals surface area contributed by atoms with Crippen molar-refractivity contribution in [3.05, 3.63) is 59.2 Å². The lowest BCUT2D eigenvalue weighted by Gasteiger charge is -2.25. The van der Waals surface area contributed by atoms with Gasteiger partial charge in [-0.3, -0.25) is 4.79 Å². The number of rotatable bonds is 10. The molecule has 0 aliphatic heterocycles. The zero-order chi connectivity index (χ0) is 22.1. The summed E-state index contributed by atoms with van der Waals surface area (Å²) in [5.41, 5.74) is 3.62. The zero-order valence-corrected chi connectivity index (χ0v) is 19.1. The van der Waals surface area contributed by atoms with Crippen LogP contribution in [0.2, 0.25) is 0 Å². The van der Waals surface area contributed by atoms with Crippen LogP contribution in [0.5, 0.6) is 5.75 Å². The van der Waals surface area contributed by atoms with E-state index in [0.717, 1.165) is 53.8 Å². The molecule has 164 valence electrons. The van der Waals surface area contributed by atoms with Crippen molar-refractivity contribution in [1.82, 2.24) is 0 Å². The highest BCUT2D eigenvalue weighted by Gasteiger charge is 2.22. The maximum absolute atomic E-state index is 13.1. The average Bonchev–Trinajstić information content (AvgIpc) is 2.72. The summed E-state index contributed by atoms with van der Waals surface area (Å²) >= 11 is 0. The smallest absolute Gasteiger partial charge is 0.224 e. The highest BCUT2D eigenvalue weighted by Crippen LogP contribution is 2.34. The van der Waals surface area contributed by atoms with E-state index in [-0.39, 0.29) is 23.8 Å². The lowest BCUT2D eigenvalue weighted by atomic mass is 9.85. The largest absolute Gasteiger partial charge is 0.496 e. The molecule has 0 saturated carbocycles. The number of carbonyl (C=O) groups is 1. The predicted octanol–water partition coefficient (Wildman–Crippen LogP) is 6.18. The minimum Gasteiger partial charge on any atom is -0.496 e. The normalized spacial score (nSPS) is 12.5. The van der Waals surface area contributed by atoms with E-state index in [1.54, 1.807) is 7.11 Å². The minimum absolute atomic E-state index is 0.0111. The van der Waals surface area contributed by atoms with E-state index in [2.05, 4.69) is 39.1 Å². The lowest BCUT2D eigenvalue weighted by Crippen LogP contribution is -2.21. The quantitative estimate of drug-likeness (QED) is 0.459. The Kier molecular flexibility index (Phi) is 8.91. The van der Waals surface area contributed by atoms with Gasteiger partial charge in [0.05, 0.1) is 13.7 Å². The number of hydrogen-bond acceptors (Lipinski definition) is 3. The maximum Gasteiger partial charge on any atom is 0.224 e. The van der Waals surface area contributed by atoms with Crippen LogP contribution in [-0.2, 0) is 16.8 Å². The fraction of sp³-hybridized carbons (Fsp3) is 0.500. The molecule has 0 aromatic heterocycles. The molecule has 0 radical (unpaired) electrons. The summed E-state index contributed by atoms with van der Waals surface area (Å²) < 4.78 is 5.57. The number of para-hydroxylation sites is 1. The van der Waals surface area contributed by atoms with Gasteiger partial charge in [-0.05, 0) is 46.6 Å². The van der Waals surface area contributed by atoms with Gasteiger partial charge in [-0.2, -0.15) is 0 Å². The number of aliphatic hydroxyl groups is 1. The van der Waals surface area contributed by atoms with E-state index in [0.29, 0.717) is 6.42 Å². The number of amides is 1. The first-order valence-electron chi connectivity index (χ1n) is 11.0. The Hall–Kier alpha value is -2.33. The van der Waals surface area contributed by atoms with Crippen LogP contribution in [0, 0.1) is 0 Å². The Morgan fingerprint density at radius 3 is 2.50 bits per heavy atom. The van der Waals surface area contributed by atoms with Crippen molar-refractivity contribution in [3.63, 3.8) is 0 Å². The number of nitrogens with one attached hydrogen (secondary N) is 1. The van der Waals surface area contributed by atoms with Crippen LogP contribution < -0.4 is 10.1 Å². The molecule has 0 aliphatic rings. The van der Waals surface area contributed by atoms with Crippen molar-refractivity contribution in [2.45, 2.75) is 77.7 Å². The molecular formula is C26H37NO3. The Balaban J connectivity index is 2.26. The van der Waals surface area contributed by atoms with Gasteiger partial charge in [0.25, 0.3) is 0 Å². The molecule has 0 spiro atoms. The van der Waals surface area contributed by atoms with E-state index in [1.165, 1.54) is 0 Å². The molecular weight excluding hydrogens is 374 g/mol. The zero-order valence-electron chi connectivity index (χ0n) is 19.1. The second-order valence-electron chi connectivity index (χ2n) is 8.98. The molecule has 0 bridgehead atoms. The molecule has 1 amide bonds. The number of carbonyl (C=O) groups excluding carboxylic acids is 1. The Morgan fingerprint density at radius 1 is 1.13 bits per heavy atom. The van der Waals surface area contributed by atoms with Gasteiger partial charge in [-0.25, -0.2) is 0 Å². The van der Waals surface area contributed by atoms with Gasteiger partial charge in [-0.15, -0.1) is 0 Å². The molecule has 2 rings (SSSR count). The van der Waals surface area contributed by atoms with Gasteiger partial charge < -0.3 is 15.2 Å². The van der Waals surface area contributed by atoms with Crippen LogP contribution >= 0.6 is 0 Å². The van der Waals surface area contributed by atoms with Gasteiger partial charge >= 0.3 is 0 Å². The first-order valence-corrected chi connectivity index (χ1v) is 11.0. The van der Waals surface area contributed by atoms with Crippen molar-refractivity contribution in [3.8, 4) is 5.75 Å². The topological polar surface area (TPSA) is 58.6 Å². The van der Waals surface area contributed by atoms with Crippen LogP contribution in [0.25, 0.3) is 0 Å². The molecule has 0 fully saturated rings. The third-order valence-corrected chi connectivity index (χ3v) is 5.52. The molecule has 0 saturated heterocycles. The molecule has 2 aromatic rings. The van der Waals surface area contributed by atoms with Gasteiger partial charge in [0.15, 0.2) is 0 Å². The van der Waals surface area contributed by atoms with E-state index in [4.69, 9.17) is 4.74 Å². The standard InChI is InChI=1S/C26H37NO3/c1-6-7-8-11-20(21-12-9-10-13-24(21)30-5)17-25(29)27-23-16-19(18-28)14-15-22(23)26(2,3)4/h9-10,12-16,20,28H,6-8,11,17-18H2,1-5H3,(H,27,29). The Morgan fingerprint density at radius 2 is 1.87 bits per heavy atom. The first kappa shape index (κ1) is 23.9. The van der Waals surface area contributed by atoms with Crippen molar-refractivity contribution in [1.29, 1.82) is 0 Å². The van der Waals surface area contributed by atoms with Crippen LogP contribution in [0.4, 0.5) is 5.69 Å². The molecule has 0 heterocycles. The van der Waals surface area contributed by atoms with Gasteiger partial charge in [0.2, 0.25) is 5.91 Å². The summed E-state index contributed by atoms with van der Waals surface area (Å²) in [7, 11) is 1.68. The highest BCUT2D eigenvalue weighted by molar-refractivity contribution is 5.92. The van der Waals surface area contributed by atoms with E-state index in [9.17, 15) is 9.90 Å². The van der Waals surface area contributed by atoms with Crippen LogP contribution in [0.3, 0.4) is 0 Å². The second-order valence-corrected chi connectivity index (χ2v) is 8.98. The third kappa shape index (κ3) is 6.60. The minimum atomic E-state index is -0.111. The summed E-state index contributed by atoms with van der Waals surface area (Å²) in [4.78, 5) is 13.1. The number of hydrogen-bond donors (Lipinski definition) is 2. The monoisotopic (exact) mass is 411 g/mol. The Labute approximate surface area is 181 Å². The fourth-order valence-electron chi connectivity index (χ4n) is 3.88. The summed E-state index contributed by atoms with van der Waals surface area (Å²) in [5, 5.41) is 12.7. The summed E-state index contributed by atoms with van der Waals surface area (Å²) in [6.07, 6.45) is 4.73. The molecule has 4 heteroatoms. The van der Waals surface area contributed by atoms with Gasteiger partial charge in [0.1, 0.15) is 5.75 Å². The number of methoxy groups -OCH3 is 1. The average molecular weight is 412 g/mol. The van der Waals surface area contributed by atoms with Crippen molar-refractivity contribution in [2.24, 2.45) is 0 Å². The fourth-order valence-corrected chi connectivity index (χ4v) is 3.88. The second kappa shape index (κ2) is 11.2.